The highest BCUT2D eigenvalue weighted by atomic mass is 16.5. The average molecular weight is 179 g/mol. The van der Waals surface area contributed by atoms with E-state index in [1.807, 2.05) is 24.3 Å². The minimum absolute atomic E-state index is 0.253. The molecule has 0 fully saturated rings. The largest absolute Gasteiger partial charge is 0.445 e. The van der Waals surface area contributed by atoms with Crippen molar-refractivity contribution in [2.75, 3.05) is 0 Å². The number of aryl methyl sites for hydroxylation is 1. The van der Waals surface area contributed by atoms with Crippen molar-refractivity contribution < 1.29 is 9.53 Å². The highest BCUT2D eigenvalue weighted by Gasteiger charge is 1.97. The van der Waals surface area contributed by atoms with E-state index in [1.54, 1.807) is 0 Å². The van der Waals surface area contributed by atoms with Crippen molar-refractivity contribution in [3.05, 3.63) is 35.4 Å². The average Bonchev–Trinajstić information content (AvgIpc) is 2.15. The van der Waals surface area contributed by atoms with E-state index in [2.05, 4.69) is 11.7 Å². The Balaban J connectivity index is 2.61. The molecule has 0 aliphatic rings. The first-order valence-electron chi connectivity index (χ1n) is 4.22. The van der Waals surface area contributed by atoms with Crippen LogP contribution in [0.25, 0.3) is 0 Å². The zero-order valence-corrected chi connectivity index (χ0v) is 7.62. The lowest BCUT2D eigenvalue weighted by molar-refractivity contribution is 0.150. The van der Waals surface area contributed by atoms with E-state index in [1.165, 1.54) is 5.56 Å². The van der Waals surface area contributed by atoms with Gasteiger partial charge in [0.05, 0.1) is 0 Å². The van der Waals surface area contributed by atoms with E-state index in [0.717, 1.165) is 12.0 Å². The van der Waals surface area contributed by atoms with Crippen molar-refractivity contribution in [1.29, 1.82) is 0 Å². The Kier molecular flexibility index (Phi) is 3.31. The van der Waals surface area contributed by atoms with Gasteiger partial charge in [-0.2, -0.15) is 0 Å². The third-order valence-corrected chi connectivity index (χ3v) is 1.78. The molecule has 0 saturated heterocycles. The number of hydrogen-bond donors (Lipinski definition) is 1. The quantitative estimate of drug-likeness (QED) is 0.769. The third kappa shape index (κ3) is 3.15. The van der Waals surface area contributed by atoms with Gasteiger partial charge < -0.3 is 10.5 Å². The molecule has 0 atom stereocenters. The molecule has 1 aromatic rings. The van der Waals surface area contributed by atoms with Crippen LogP contribution >= 0.6 is 0 Å². The number of primary amides is 1. The van der Waals surface area contributed by atoms with Gasteiger partial charge in [-0.1, -0.05) is 31.2 Å². The lowest BCUT2D eigenvalue weighted by Crippen LogP contribution is -2.12. The molecule has 0 spiro atoms. The van der Waals surface area contributed by atoms with Crippen LogP contribution in [-0.4, -0.2) is 6.09 Å². The first kappa shape index (κ1) is 9.58. The zero-order chi connectivity index (χ0) is 9.68. The summed E-state index contributed by atoms with van der Waals surface area (Å²) in [5, 5.41) is 0. The molecule has 70 valence electrons. The maximum absolute atomic E-state index is 10.3. The number of rotatable bonds is 3. The Morgan fingerprint density at radius 3 is 2.77 bits per heavy atom. The van der Waals surface area contributed by atoms with Gasteiger partial charge in [-0.15, -0.1) is 0 Å². The molecule has 0 bridgehead atoms. The molecular weight excluding hydrogens is 166 g/mol. The van der Waals surface area contributed by atoms with Gasteiger partial charge in [0.15, 0.2) is 0 Å². The van der Waals surface area contributed by atoms with Crippen LogP contribution in [0.1, 0.15) is 18.1 Å². The van der Waals surface area contributed by atoms with Gasteiger partial charge in [0, 0.05) is 0 Å². The van der Waals surface area contributed by atoms with E-state index in [-0.39, 0.29) is 6.61 Å². The normalized spacial score (nSPS) is 9.62. The summed E-state index contributed by atoms with van der Waals surface area (Å²) >= 11 is 0. The predicted molar refractivity (Wildman–Crippen MR) is 50.2 cm³/mol. The van der Waals surface area contributed by atoms with Crippen LogP contribution in [0.5, 0.6) is 0 Å². The smallest absolute Gasteiger partial charge is 0.404 e. The highest BCUT2D eigenvalue weighted by Crippen LogP contribution is 2.06. The van der Waals surface area contributed by atoms with Crippen LogP contribution in [-0.2, 0) is 17.8 Å². The lowest BCUT2D eigenvalue weighted by atomic mass is 10.1. The van der Waals surface area contributed by atoms with Crippen LogP contribution in [0.3, 0.4) is 0 Å². The summed E-state index contributed by atoms with van der Waals surface area (Å²) in [4.78, 5) is 10.3. The second-order valence-corrected chi connectivity index (χ2v) is 2.78. The molecule has 3 nitrogen and oxygen atoms in total. The van der Waals surface area contributed by atoms with E-state index in [9.17, 15) is 4.79 Å². The molecule has 0 aliphatic carbocycles. The summed E-state index contributed by atoms with van der Waals surface area (Å²) < 4.78 is 4.67. The van der Waals surface area contributed by atoms with E-state index >= 15 is 0 Å². The molecule has 0 aliphatic heterocycles. The monoisotopic (exact) mass is 179 g/mol. The lowest BCUT2D eigenvalue weighted by Gasteiger charge is -2.03. The molecule has 1 aromatic carbocycles. The van der Waals surface area contributed by atoms with Gasteiger partial charge in [0.1, 0.15) is 6.61 Å². The van der Waals surface area contributed by atoms with Crippen molar-refractivity contribution in [1.82, 2.24) is 0 Å². The molecule has 0 saturated carbocycles. The molecular formula is C10H13NO2. The maximum atomic E-state index is 10.3. The molecule has 1 amide bonds. The number of benzene rings is 1. The standard InChI is InChI=1S/C10H13NO2/c1-2-8-4-3-5-9(6-8)7-13-10(11)12/h3-6H,2,7H2,1H3,(H2,11,12). The van der Waals surface area contributed by atoms with Crippen molar-refractivity contribution in [2.45, 2.75) is 20.0 Å². The van der Waals surface area contributed by atoms with Crippen LogP contribution in [0.2, 0.25) is 0 Å². The number of carbonyl (C=O) groups excluding carboxylic acids is 1. The SMILES string of the molecule is CCc1cccc(COC(N)=O)c1. The fourth-order valence-electron chi connectivity index (χ4n) is 1.09. The van der Waals surface area contributed by atoms with E-state index in [0.29, 0.717) is 0 Å². The van der Waals surface area contributed by atoms with Crippen LogP contribution in [0, 0.1) is 0 Å². The van der Waals surface area contributed by atoms with Crippen LogP contribution in [0.4, 0.5) is 4.79 Å². The molecule has 3 heteroatoms. The van der Waals surface area contributed by atoms with Gasteiger partial charge in [-0.05, 0) is 17.5 Å². The fourth-order valence-corrected chi connectivity index (χ4v) is 1.09. The fraction of sp³-hybridized carbons (Fsp3) is 0.300. The second-order valence-electron chi connectivity index (χ2n) is 2.78. The second kappa shape index (κ2) is 4.50. The number of nitrogens with two attached hydrogens (primary N) is 1. The van der Waals surface area contributed by atoms with Gasteiger partial charge in [0.25, 0.3) is 0 Å². The summed E-state index contributed by atoms with van der Waals surface area (Å²) in [6.45, 7) is 2.33. The van der Waals surface area contributed by atoms with Gasteiger partial charge in [0.2, 0.25) is 0 Å². The molecule has 0 radical (unpaired) electrons. The molecule has 1 rings (SSSR count). The number of amides is 1. The predicted octanol–water partition coefficient (Wildman–Crippen LogP) is 1.84. The van der Waals surface area contributed by atoms with Gasteiger partial charge in [-0.3, -0.25) is 0 Å². The first-order chi connectivity index (χ1) is 6.22. The Morgan fingerprint density at radius 2 is 2.15 bits per heavy atom. The number of carbonyl (C=O) groups is 1. The van der Waals surface area contributed by atoms with Crippen molar-refractivity contribution in [2.24, 2.45) is 5.73 Å². The Hall–Kier alpha value is -1.51. The molecule has 0 heterocycles. The summed E-state index contributed by atoms with van der Waals surface area (Å²) in [5.74, 6) is 0. The van der Waals surface area contributed by atoms with Gasteiger partial charge >= 0.3 is 6.09 Å². The van der Waals surface area contributed by atoms with Crippen molar-refractivity contribution in [3.63, 3.8) is 0 Å². The summed E-state index contributed by atoms with van der Waals surface area (Å²) in [5.41, 5.74) is 7.05. The zero-order valence-electron chi connectivity index (χ0n) is 7.62. The van der Waals surface area contributed by atoms with Gasteiger partial charge in [-0.25, -0.2) is 4.79 Å². The molecule has 2 N–H and O–H groups in total. The highest BCUT2D eigenvalue weighted by molar-refractivity contribution is 5.64. The first-order valence-corrected chi connectivity index (χ1v) is 4.22. The summed E-state index contributed by atoms with van der Waals surface area (Å²) in [6, 6.07) is 7.89. The third-order valence-electron chi connectivity index (χ3n) is 1.78. The van der Waals surface area contributed by atoms with Crippen molar-refractivity contribution in [3.8, 4) is 0 Å². The number of hydrogen-bond acceptors (Lipinski definition) is 2. The van der Waals surface area contributed by atoms with Crippen LogP contribution < -0.4 is 5.73 Å². The Labute approximate surface area is 77.5 Å². The molecule has 13 heavy (non-hydrogen) atoms. The molecule has 0 unspecified atom stereocenters. The summed E-state index contributed by atoms with van der Waals surface area (Å²) in [6.07, 6.45) is 0.242. The van der Waals surface area contributed by atoms with Crippen molar-refractivity contribution >= 4 is 6.09 Å². The van der Waals surface area contributed by atoms with Crippen LogP contribution in [0.15, 0.2) is 24.3 Å². The number of ether oxygens (including phenoxy) is 1. The topological polar surface area (TPSA) is 52.3 Å². The van der Waals surface area contributed by atoms with E-state index < -0.39 is 6.09 Å². The van der Waals surface area contributed by atoms with E-state index in [4.69, 9.17) is 5.73 Å². The Morgan fingerprint density at radius 1 is 1.46 bits per heavy atom. The molecule has 0 aromatic heterocycles. The maximum Gasteiger partial charge on any atom is 0.404 e. The Bertz CT molecular complexity index is 297. The minimum Gasteiger partial charge on any atom is -0.445 e. The summed E-state index contributed by atoms with van der Waals surface area (Å²) in [7, 11) is 0. The minimum atomic E-state index is -0.734.